The summed E-state index contributed by atoms with van der Waals surface area (Å²) in [5, 5.41) is 4.28. The van der Waals surface area contributed by atoms with Gasteiger partial charge in [0.15, 0.2) is 5.13 Å². The van der Waals surface area contributed by atoms with E-state index in [0.29, 0.717) is 5.88 Å². The Kier molecular flexibility index (Phi) is 7.20. The molecular formula is C20H25N3O2S2. The molecular weight excluding hydrogens is 378 g/mol. The van der Waals surface area contributed by atoms with E-state index >= 15 is 0 Å². The summed E-state index contributed by atoms with van der Waals surface area (Å²) in [6.45, 7) is 1.68. The molecule has 0 aliphatic rings. The fourth-order valence-electron chi connectivity index (χ4n) is 2.59. The van der Waals surface area contributed by atoms with E-state index in [1.54, 1.807) is 18.4 Å². The molecule has 0 unspecified atom stereocenters. The van der Waals surface area contributed by atoms with Gasteiger partial charge in [-0.2, -0.15) is 16.7 Å². The third-order valence-corrected chi connectivity index (χ3v) is 5.81. The summed E-state index contributed by atoms with van der Waals surface area (Å²) in [5.74, 6) is 4.57. The minimum atomic E-state index is 0.672. The fourth-order valence-corrected chi connectivity index (χ4v) is 4.30. The summed E-state index contributed by atoms with van der Waals surface area (Å²) in [6.07, 6.45) is 0. The lowest BCUT2D eigenvalue weighted by atomic mass is 10.2. The van der Waals surface area contributed by atoms with E-state index in [1.165, 1.54) is 0 Å². The minimum Gasteiger partial charge on any atom is -0.480 e. The number of thioether (sulfide) groups is 1. The van der Waals surface area contributed by atoms with Crippen molar-refractivity contribution in [3.8, 4) is 16.3 Å². The number of nitrogens with zero attached hydrogens (tertiary/aromatic N) is 2. The Hall–Kier alpha value is -1.96. The van der Waals surface area contributed by atoms with Crippen LogP contribution in [-0.4, -0.2) is 43.4 Å². The molecule has 27 heavy (non-hydrogen) atoms. The predicted octanol–water partition coefficient (Wildman–Crippen LogP) is 4.82. The van der Waals surface area contributed by atoms with E-state index in [2.05, 4.69) is 39.5 Å². The molecule has 5 nitrogen and oxygen atoms in total. The Morgan fingerprint density at radius 2 is 1.93 bits per heavy atom. The average molecular weight is 404 g/mol. The lowest BCUT2D eigenvalue weighted by Gasteiger charge is -2.05. The summed E-state index contributed by atoms with van der Waals surface area (Å²) >= 11 is 3.47. The lowest BCUT2D eigenvalue weighted by molar-refractivity contribution is 0.344. The molecule has 0 radical (unpaired) electrons. The molecule has 2 aromatic heterocycles. The molecule has 3 aromatic rings. The zero-order chi connectivity index (χ0) is 19.1. The van der Waals surface area contributed by atoms with Crippen molar-refractivity contribution in [2.45, 2.75) is 12.3 Å². The number of furan rings is 1. The van der Waals surface area contributed by atoms with Crippen molar-refractivity contribution >= 4 is 28.2 Å². The number of hydrogen-bond acceptors (Lipinski definition) is 7. The maximum Gasteiger partial charge on any atom is 0.234 e. The highest BCUT2D eigenvalue weighted by molar-refractivity contribution is 7.98. The van der Waals surface area contributed by atoms with E-state index in [-0.39, 0.29) is 0 Å². The van der Waals surface area contributed by atoms with Crippen molar-refractivity contribution in [3.63, 3.8) is 0 Å². The first-order chi connectivity index (χ1) is 13.2. The van der Waals surface area contributed by atoms with Gasteiger partial charge in [-0.1, -0.05) is 41.7 Å². The van der Waals surface area contributed by atoms with Gasteiger partial charge in [0.05, 0.1) is 19.4 Å². The third kappa shape index (κ3) is 5.76. The third-order valence-electron chi connectivity index (χ3n) is 3.78. The highest BCUT2D eigenvalue weighted by Crippen LogP contribution is 2.37. The van der Waals surface area contributed by atoms with Crippen LogP contribution in [0, 0.1) is 0 Å². The van der Waals surface area contributed by atoms with Gasteiger partial charge < -0.3 is 19.4 Å². The summed E-state index contributed by atoms with van der Waals surface area (Å²) in [7, 11) is 5.74. The van der Waals surface area contributed by atoms with Crippen LogP contribution in [0.2, 0.25) is 0 Å². The van der Waals surface area contributed by atoms with Crippen molar-refractivity contribution < 1.29 is 9.15 Å². The molecule has 0 amide bonds. The van der Waals surface area contributed by atoms with Crippen LogP contribution in [0.15, 0.2) is 46.9 Å². The van der Waals surface area contributed by atoms with Crippen molar-refractivity contribution in [2.75, 3.05) is 38.8 Å². The van der Waals surface area contributed by atoms with Gasteiger partial charge >= 0.3 is 0 Å². The first-order valence-electron chi connectivity index (χ1n) is 8.80. The molecule has 0 atom stereocenters. The van der Waals surface area contributed by atoms with Gasteiger partial charge in [-0.05, 0) is 31.8 Å². The Morgan fingerprint density at radius 1 is 1.15 bits per heavy atom. The number of nitrogens with one attached hydrogen (secondary N) is 1. The maximum atomic E-state index is 5.83. The van der Waals surface area contributed by atoms with Gasteiger partial charge in [-0.15, -0.1) is 0 Å². The zero-order valence-electron chi connectivity index (χ0n) is 15.9. The van der Waals surface area contributed by atoms with Crippen LogP contribution in [0.5, 0.6) is 5.88 Å². The zero-order valence-corrected chi connectivity index (χ0v) is 17.5. The van der Waals surface area contributed by atoms with Crippen LogP contribution >= 0.6 is 23.1 Å². The second-order valence-electron chi connectivity index (χ2n) is 6.31. The van der Waals surface area contributed by atoms with Crippen LogP contribution in [0.3, 0.4) is 0 Å². The quantitative estimate of drug-likeness (QED) is 0.490. The summed E-state index contributed by atoms with van der Waals surface area (Å²) in [5.41, 5.74) is 1.13. The number of benzene rings is 1. The maximum absolute atomic E-state index is 5.83. The molecule has 0 aliphatic heterocycles. The number of ether oxygens (including phenoxy) is 1. The number of methoxy groups -OCH3 is 1. The first kappa shape index (κ1) is 19.8. The fraction of sp³-hybridized carbons (Fsp3) is 0.350. The molecule has 0 aliphatic carbocycles. The molecule has 7 heteroatoms. The number of aromatic nitrogens is 1. The average Bonchev–Trinajstić information content (AvgIpc) is 3.28. The Morgan fingerprint density at radius 3 is 2.67 bits per heavy atom. The van der Waals surface area contributed by atoms with Crippen LogP contribution in [0.1, 0.15) is 11.5 Å². The molecule has 0 fully saturated rings. The highest BCUT2D eigenvalue weighted by atomic mass is 32.2. The summed E-state index contributed by atoms with van der Waals surface area (Å²) < 4.78 is 11.3. The number of anilines is 1. The van der Waals surface area contributed by atoms with Crippen molar-refractivity contribution in [1.29, 1.82) is 0 Å². The predicted molar refractivity (Wildman–Crippen MR) is 115 cm³/mol. The summed E-state index contributed by atoms with van der Waals surface area (Å²) in [6, 6.07) is 14.3. The summed E-state index contributed by atoms with van der Waals surface area (Å²) in [4.78, 5) is 7.70. The van der Waals surface area contributed by atoms with Gasteiger partial charge in [0.25, 0.3) is 0 Å². The molecule has 0 spiro atoms. The van der Waals surface area contributed by atoms with Crippen molar-refractivity contribution in [1.82, 2.24) is 9.88 Å². The number of rotatable bonds is 10. The van der Waals surface area contributed by atoms with Crippen LogP contribution in [0.4, 0.5) is 5.13 Å². The molecule has 144 valence electrons. The minimum absolute atomic E-state index is 0.672. The van der Waals surface area contributed by atoms with E-state index in [9.17, 15) is 0 Å². The van der Waals surface area contributed by atoms with E-state index in [0.717, 1.165) is 51.7 Å². The second kappa shape index (κ2) is 9.82. The van der Waals surface area contributed by atoms with Crippen LogP contribution < -0.4 is 10.1 Å². The number of hydrogen-bond donors (Lipinski definition) is 1. The highest BCUT2D eigenvalue weighted by Gasteiger charge is 2.13. The van der Waals surface area contributed by atoms with Crippen LogP contribution in [-0.2, 0) is 12.3 Å². The van der Waals surface area contributed by atoms with Gasteiger partial charge in [0.1, 0.15) is 16.4 Å². The largest absolute Gasteiger partial charge is 0.480 e. The molecule has 2 heterocycles. The van der Waals surface area contributed by atoms with E-state index in [4.69, 9.17) is 9.15 Å². The van der Waals surface area contributed by atoms with Gasteiger partial charge in [-0.25, -0.2) is 0 Å². The molecule has 0 saturated carbocycles. The van der Waals surface area contributed by atoms with Crippen molar-refractivity contribution in [2.24, 2.45) is 0 Å². The second-order valence-corrected chi connectivity index (χ2v) is 8.41. The Balaban J connectivity index is 1.45. The van der Waals surface area contributed by atoms with Gasteiger partial charge in [-0.3, -0.25) is 0 Å². The van der Waals surface area contributed by atoms with E-state index in [1.807, 2.05) is 44.1 Å². The van der Waals surface area contributed by atoms with Crippen molar-refractivity contribution in [3.05, 3.63) is 54.0 Å². The van der Waals surface area contributed by atoms with Gasteiger partial charge in [0, 0.05) is 12.3 Å². The van der Waals surface area contributed by atoms with Crippen LogP contribution in [0.25, 0.3) is 10.4 Å². The monoisotopic (exact) mass is 403 g/mol. The molecule has 0 saturated heterocycles. The standard InChI is InChI=1S/C20H25N3O2S2/c1-23(2)13-16-9-10-17(25-16)14-26-12-11-21-20-22-19(24-3)18(27-20)15-7-5-4-6-8-15/h4-10H,11-14H2,1-3H3,(H,21,22). The number of thiazole rings is 1. The first-order valence-corrected chi connectivity index (χ1v) is 10.8. The topological polar surface area (TPSA) is 50.5 Å². The molecule has 0 bridgehead atoms. The molecule has 3 rings (SSSR count). The molecule has 1 aromatic carbocycles. The smallest absolute Gasteiger partial charge is 0.234 e. The SMILES string of the molecule is COc1nc(NCCSCc2ccc(CN(C)C)o2)sc1-c1ccccc1. The lowest BCUT2D eigenvalue weighted by Crippen LogP contribution is -2.09. The van der Waals surface area contributed by atoms with Gasteiger partial charge in [0.2, 0.25) is 5.88 Å². The Labute approximate surface area is 168 Å². The Bertz CT molecular complexity index is 831. The van der Waals surface area contributed by atoms with E-state index < -0.39 is 0 Å². The molecule has 1 N–H and O–H groups in total. The normalized spacial score (nSPS) is 11.1.